The maximum absolute atomic E-state index is 14.2. The zero-order chi connectivity index (χ0) is 29.7. The molecule has 2 atom stereocenters. The number of piperidine rings is 1. The van der Waals surface area contributed by atoms with E-state index in [1.807, 2.05) is 44.4 Å². The molecule has 12 heteroatoms. The first-order valence-electron chi connectivity index (χ1n) is 14.3. The summed E-state index contributed by atoms with van der Waals surface area (Å²) in [5.74, 6) is 0.238. The van der Waals surface area contributed by atoms with Crippen LogP contribution in [0.25, 0.3) is 0 Å². The van der Waals surface area contributed by atoms with E-state index in [0.29, 0.717) is 65.3 Å². The van der Waals surface area contributed by atoms with Crippen molar-refractivity contribution in [3.63, 3.8) is 0 Å². The molecule has 224 valence electrons. The average molecular weight is 577 g/mol. The van der Waals surface area contributed by atoms with Gasteiger partial charge in [-0.25, -0.2) is 9.78 Å². The Balaban J connectivity index is 1.31. The zero-order valence-electron chi connectivity index (χ0n) is 24.4. The van der Waals surface area contributed by atoms with E-state index in [1.54, 1.807) is 17.0 Å². The lowest BCUT2D eigenvalue weighted by Crippen LogP contribution is -2.68. The summed E-state index contributed by atoms with van der Waals surface area (Å²) >= 11 is 0. The highest BCUT2D eigenvalue weighted by Crippen LogP contribution is 2.43. The summed E-state index contributed by atoms with van der Waals surface area (Å²) in [6, 6.07) is 3.44. The number of amides is 1. The van der Waals surface area contributed by atoms with Crippen LogP contribution < -0.4 is 9.80 Å². The zero-order valence-corrected chi connectivity index (χ0v) is 24.4. The highest BCUT2D eigenvalue weighted by Gasteiger charge is 2.46. The van der Waals surface area contributed by atoms with Gasteiger partial charge in [-0.2, -0.15) is 18.4 Å². The van der Waals surface area contributed by atoms with Crippen LogP contribution in [0.2, 0.25) is 0 Å². The van der Waals surface area contributed by atoms with Crippen LogP contribution in [0.15, 0.2) is 17.7 Å². The van der Waals surface area contributed by atoms with Crippen molar-refractivity contribution in [2.45, 2.75) is 76.9 Å². The van der Waals surface area contributed by atoms with Gasteiger partial charge in [0.2, 0.25) is 0 Å². The van der Waals surface area contributed by atoms with Crippen LogP contribution >= 0.6 is 0 Å². The Morgan fingerprint density at radius 3 is 2.32 bits per heavy atom. The van der Waals surface area contributed by atoms with E-state index >= 15 is 0 Å². The smallest absolute Gasteiger partial charge is 0.434 e. The molecule has 5 rings (SSSR count). The number of alkyl halides is 3. The highest BCUT2D eigenvalue weighted by atomic mass is 19.4. The molecule has 0 radical (unpaired) electrons. The largest absolute Gasteiger partial charge is 0.444 e. The summed E-state index contributed by atoms with van der Waals surface area (Å²) in [6.45, 7) is 13.9. The van der Waals surface area contributed by atoms with Gasteiger partial charge in [0.05, 0.1) is 17.9 Å². The standard InChI is InChI=1S/C29H39F3N6O3/c1-19-6-15-40-28(19)7-9-36(10-8-28)24-16-22(21(17-33)25(34-24)29(30,31)32)38-18-23(20(38)2)35-11-13-37(14-12-35)26(39)41-27(3,4)5/h6,16,20,23H,7-15,18H2,1-5H3/t20-,23-/m1/s1. The molecular formula is C29H39F3N6O3. The average Bonchev–Trinajstić information content (AvgIpc) is 3.25. The van der Waals surface area contributed by atoms with Gasteiger partial charge in [-0.3, -0.25) is 4.90 Å². The summed E-state index contributed by atoms with van der Waals surface area (Å²) < 4.78 is 54.0. The Kier molecular flexibility index (Phi) is 7.66. The van der Waals surface area contributed by atoms with Crippen LogP contribution in [0.4, 0.5) is 29.5 Å². The number of hydrogen-bond acceptors (Lipinski definition) is 8. The summed E-state index contributed by atoms with van der Waals surface area (Å²) in [5, 5.41) is 9.85. The maximum atomic E-state index is 14.2. The first kappa shape index (κ1) is 29.5. The molecule has 5 heterocycles. The summed E-state index contributed by atoms with van der Waals surface area (Å²) in [5.41, 5.74) is -1.03. The van der Waals surface area contributed by atoms with Crippen molar-refractivity contribution in [3.8, 4) is 6.07 Å². The number of piperazine rings is 1. The van der Waals surface area contributed by atoms with Crippen LogP contribution in [0, 0.1) is 11.3 Å². The van der Waals surface area contributed by atoms with Crippen molar-refractivity contribution in [1.82, 2.24) is 14.8 Å². The van der Waals surface area contributed by atoms with E-state index in [4.69, 9.17) is 9.47 Å². The van der Waals surface area contributed by atoms with E-state index < -0.39 is 23.0 Å². The number of nitriles is 1. The molecule has 3 saturated heterocycles. The predicted molar refractivity (Wildman–Crippen MR) is 148 cm³/mol. The predicted octanol–water partition coefficient (Wildman–Crippen LogP) is 4.42. The fourth-order valence-electron chi connectivity index (χ4n) is 6.38. The van der Waals surface area contributed by atoms with Crippen molar-refractivity contribution < 1.29 is 27.4 Å². The summed E-state index contributed by atoms with van der Waals surface area (Å²) in [6.07, 6.45) is -1.69. The fraction of sp³-hybridized carbons (Fsp3) is 0.690. The number of ether oxygens (including phenoxy) is 2. The number of carbonyl (C=O) groups excluding carboxylic acids is 1. The van der Waals surface area contributed by atoms with Gasteiger partial charge in [0.25, 0.3) is 0 Å². The van der Waals surface area contributed by atoms with E-state index in [-0.39, 0.29) is 35.3 Å². The van der Waals surface area contributed by atoms with E-state index in [1.165, 1.54) is 5.57 Å². The second kappa shape index (κ2) is 10.7. The molecule has 9 nitrogen and oxygen atoms in total. The summed E-state index contributed by atoms with van der Waals surface area (Å²) in [4.78, 5) is 24.1. The van der Waals surface area contributed by atoms with Crippen LogP contribution in [-0.4, -0.2) is 96.6 Å². The second-order valence-corrected chi connectivity index (χ2v) is 12.5. The third kappa shape index (κ3) is 5.71. The number of hydrogen-bond donors (Lipinski definition) is 0. The van der Waals surface area contributed by atoms with Crippen LogP contribution in [0.3, 0.4) is 0 Å². The van der Waals surface area contributed by atoms with Gasteiger partial charge >= 0.3 is 12.3 Å². The lowest BCUT2D eigenvalue weighted by molar-refractivity contribution is -0.141. The molecule has 0 saturated carbocycles. The van der Waals surface area contributed by atoms with Crippen molar-refractivity contribution in [2.75, 3.05) is 62.2 Å². The monoisotopic (exact) mass is 576 g/mol. The molecular weight excluding hydrogens is 537 g/mol. The van der Waals surface area contributed by atoms with Gasteiger partial charge in [0, 0.05) is 64.0 Å². The Morgan fingerprint density at radius 1 is 1.15 bits per heavy atom. The van der Waals surface area contributed by atoms with Gasteiger partial charge in [0.1, 0.15) is 23.1 Å². The Bertz CT molecular complexity index is 1240. The van der Waals surface area contributed by atoms with Crippen molar-refractivity contribution >= 4 is 17.6 Å². The number of anilines is 2. The molecule has 0 aliphatic carbocycles. The van der Waals surface area contributed by atoms with E-state index in [2.05, 4.69) is 16.0 Å². The third-order valence-corrected chi connectivity index (χ3v) is 8.90. The fourth-order valence-corrected chi connectivity index (χ4v) is 6.38. The van der Waals surface area contributed by atoms with Crippen molar-refractivity contribution in [1.29, 1.82) is 5.26 Å². The molecule has 4 aliphatic heterocycles. The first-order chi connectivity index (χ1) is 19.2. The minimum atomic E-state index is -4.76. The van der Waals surface area contributed by atoms with E-state index in [9.17, 15) is 23.2 Å². The lowest BCUT2D eigenvalue weighted by atomic mass is 9.85. The van der Waals surface area contributed by atoms with Gasteiger partial charge in [-0.1, -0.05) is 6.08 Å². The van der Waals surface area contributed by atoms with Crippen LogP contribution in [0.5, 0.6) is 0 Å². The van der Waals surface area contributed by atoms with Crippen LogP contribution in [-0.2, 0) is 15.7 Å². The Labute approximate surface area is 239 Å². The molecule has 1 aromatic rings. The van der Waals surface area contributed by atoms with Crippen LogP contribution in [0.1, 0.15) is 58.7 Å². The Hall–Kier alpha value is -3.04. The molecule has 4 aliphatic rings. The topological polar surface area (TPSA) is 85.2 Å². The number of nitrogens with zero attached hydrogens (tertiary/aromatic N) is 6. The molecule has 0 aromatic carbocycles. The van der Waals surface area contributed by atoms with Gasteiger partial charge in [-0.15, -0.1) is 0 Å². The summed E-state index contributed by atoms with van der Waals surface area (Å²) in [7, 11) is 0. The number of pyridine rings is 1. The number of aromatic nitrogens is 1. The number of halogens is 3. The molecule has 1 aromatic heterocycles. The van der Waals surface area contributed by atoms with Gasteiger partial charge < -0.3 is 24.2 Å². The molecule has 1 spiro atoms. The van der Waals surface area contributed by atoms with Gasteiger partial charge in [-0.05, 0) is 53.0 Å². The molecule has 0 bridgehead atoms. The number of rotatable bonds is 3. The van der Waals surface area contributed by atoms with E-state index in [0.717, 1.165) is 0 Å². The van der Waals surface area contributed by atoms with Gasteiger partial charge in [0.15, 0.2) is 5.69 Å². The molecule has 0 unspecified atom stereocenters. The minimum Gasteiger partial charge on any atom is -0.444 e. The SMILES string of the molecule is CC1=CCOC12CCN(c1cc(N3C[C@@H](N4CCN(C(=O)OC(C)(C)C)CC4)[C@H]3C)c(C#N)c(C(F)(F)F)n1)CC2. The third-order valence-electron chi connectivity index (χ3n) is 8.90. The highest BCUT2D eigenvalue weighted by molar-refractivity contribution is 5.69. The minimum absolute atomic E-state index is 0.0948. The second-order valence-electron chi connectivity index (χ2n) is 12.5. The van der Waals surface area contributed by atoms with Crippen molar-refractivity contribution in [3.05, 3.63) is 29.0 Å². The maximum Gasteiger partial charge on any atom is 0.434 e. The number of carbonyl (C=O) groups is 1. The normalized spacial score (nSPS) is 25.1. The Morgan fingerprint density at radius 2 is 1.80 bits per heavy atom. The van der Waals surface area contributed by atoms with Crippen molar-refractivity contribution in [2.24, 2.45) is 0 Å². The molecule has 41 heavy (non-hydrogen) atoms. The lowest BCUT2D eigenvalue weighted by Gasteiger charge is -2.54. The quantitative estimate of drug-likeness (QED) is 0.489. The molecule has 3 fully saturated rings. The molecule has 1 amide bonds. The molecule has 0 N–H and O–H groups in total. The first-order valence-corrected chi connectivity index (χ1v) is 14.3.